The second-order valence-electron chi connectivity index (χ2n) is 9.66. The van der Waals surface area contributed by atoms with Crippen molar-refractivity contribution in [3.63, 3.8) is 0 Å². The van der Waals surface area contributed by atoms with E-state index in [1.807, 2.05) is 37.3 Å². The van der Waals surface area contributed by atoms with Crippen molar-refractivity contribution < 1.29 is 14.6 Å². The minimum Gasteiger partial charge on any atom is -0.437 e. The van der Waals surface area contributed by atoms with Gasteiger partial charge in [-0.2, -0.15) is 0 Å². The highest BCUT2D eigenvalue weighted by atomic mass is 16.5. The fourth-order valence-corrected chi connectivity index (χ4v) is 3.79. The Bertz CT molecular complexity index is 1390. The van der Waals surface area contributed by atoms with Crippen molar-refractivity contribution >= 4 is 17.2 Å². The predicted molar refractivity (Wildman–Crippen MR) is 137 cm³/mol. The molecular weight excluding hydrogens is 442 g/mol. The molecule has 0 bridgehead atoms. The van der Waals surface area contributed by atoms with E-state index in [1.54, 1.807) is 36.7 Å². The van der Waals surface area contributed by atoms with Gasteiger partial charge in [0.25, 0.3) is 0 Å². The van der Waals surface area contributed by atoms with Gasteiger partial charge < -0.3 is 20.9 Å². The molecule has 0 aliphatic heterocycles. The van der Waals surface area contributed by atoms with Gasteiger partial charge in [0.05, 0.1) is 23.2 Å². The molecule has 8 nitrogen and oxygen atoms in total. The van der Waals surface area contributed by atoms with Gasteiger partial charge in [-0.1, -0.05) is 32.0 Å². The van der Waals surface area contributed by atoms with Crippen LogP contribution in [-0.4, -0.2) is 37.8 Å². The number of nitrogens with two attached hydrogens (primary N) is 1. The van der Waals surface area contributed by atoms with Crippen molar-refractivity contribution in [2.24, 2.45) is 5.73 Å². The van der Waals surface area contributed by atoms with Gasteiger partial charge in [-0.05, 0) is 62.1 Å². The molecule has 4 rings (SSSR count). The molecule has 0 radical (unpaired) electrons. The summed E-state index contributed by atoms with van der Waals surface area (Å²) in [6.45, 7) is 9.87. The van der Waals surface area contributed by atoms with E-state index in [2.05, 4.69) is 30.2 Å². The molecule has 0 saturated carbocycles. The summed E-state index contributed by atoms with van der Waals surface area (Å²) in [5.74, 6) is 0.953. The largest absolute Gasteiger partial charge is 0.437 e. The minimum absolute atomic E-state index is 0.309. The molecule has 0 fully saturated rings. The maximum Gasteiger partial charge on any atom is 0.248 e. The van der Waals surface area contributed by atoms with Gasteiger partial charge in [-0.25, -0.2) is 9.50 Å². The molecule has 0 saturated heterocycles. The highest BCUT2D eigenvalue weighted by Crippen LogP contribution is 2.31. The smallest absolute Gasteiger partial charge is 0.248 e. The molecule has 0 unspecified atom stereocenters. The van der Waals surface area contributed by atoms with Crippen molar-refractivity contribution in [1.82, 2.24) is 14.6 Å². The summed E-state index contributed by atoms with van der Waals surface area (Å²) in [5, 5.41) is 18.2. The van der Waals surface area contributed by atoms with Crippen LogP contribution in [0, 0.1) is 6.92 Å². The lowest BCUT2D eigenvalue weighted by molar-refractivity contribution is 0.0944. The van der Waals surface area contributed by atoms with E-state index < -0.39 is 11.5 Å². The molecule has 0 atom stereocenters. The van der Waals surface area contributed by atoms with E-state index in [0.29, 0.717) is 41.0 Å². The van der Waals surface area contributed by atoms with Crippen molar-refractivity contribution in [2.75, 3.05) is 11.9 Å². The van der Waals surface area contributed by atoms with E-state index in [0.717, 1.165) is 22.4 Å². The molecule has 2 heterocycles. The minimum atomic E-state index is -0.927. The van der Waals surface area contributed by atoms with Gasteiger partial charge in [0.15, 0.2) is 5.65 Å². The molecule has 35 heavy (non-hydrogen) atoms. The summed E-state index contributed by atoms with van der Waals surface area (Å²) in [6, 6.07) is 15.1. The first-order valence-electron chi connectivity index (χ1n) is 11.6. The maximum atomic E-state index is 11.7. The Morgan fingerprint density at radius 3 is 2.63 bits per heavy atom. The second-order valence-corrected chi connectivity index (χ2v) is 9.66. The summed E-state index contributed by atoms with van der Waals surface area (Å²) >= 11 is 0. The highest BCUT2D eigenvalue weighted by Gasteiger charge is 2.18. The molecule has 1 amide bonds. The number of primary amides is 1. The van der Waals surface area contributed by atoms with Crippen molar-refractivity contribution in [3.8, 4) is 22.9 Å². The fraction of sp³-hybridized carbons (Fsp3) is 0.296. The molecule has 4 aromatic rings. The Morgan fingerprint density at radius 2 is 1.97 bits per heavy atom. The van der Waals surface area contributed by atoms with Crippen LogP contribution in [0.5, 0.6) is 11.6 Å². The molecule has 2 aromatic carbocycles. The van der Waals surface area contributed by atoms with Gasteiger partial charge >= 0.3 is 0 Å². The van der Waals surface area contributed by atoms with Gasteiger partial charge in [0.2, 0.25) is 11.8 Å². The average Bonchev–Trinajstić information content (AvgIpc) is 3.21. The molecule has 0 aliphatic carbocycles. The molecular formula is C27H31N5O3. The summed E-state index contributed by atoms with van der Waals surface area (Å²) in [5.41, 5.74) is 9.77. The van der Waals surface area contributed by atoms with Crippen molar-refractivity contribution in [2.45, 2.75) is 46.1 Å². The Kier molecular flexibility index (Phi) is 6.49. The van der Waals surface area contributed by atoms with Crippen LogP contribution in [0.4, 0.5) is 5.69 Å². The number of aliphatic hydroxyl groups is 1. The Balaban J connectivity index is 1.81. The average molecular weight is 474 g/mol. The van der Waals surface area contributed by atoms with Crippen LogP contribution in [0.25, 0.3) is 16.9 Å². The van der Waals surface area contributed by atoms with Gasteiger partial charge in [0, 0.05) is 23.7 Å². The van der Waals surface area contributed by atoms with Gasteiger partial charge in [0.1, 0.15) is 5.75 Å². The van der Waals surface area contributed by atoms with Crippen LogP contribution >= 0.6 is 0 Å². The molecule has 0 aliphatic rings. The lowest BCUT2D eigenvalue weighted by Gasteiger charge is -2.19. The number of nitrogens with one attached hydrogen (secondary N) is 1. The number of amides is 1. The number of nitrogens with zero attached hydrogens (tertiary/aromatic N) is 3. The third-order valence-electron chi connectivity index (χ3n) is 5.69. The lowest BCUT2D eigenvalue weighted by atomic mass is 10.0. The molecule has 0 spiro atoms. The van der Waals surface area contributed by atoms with Crippen LogP contribution in [0.2, 0.25) is 0 Å². The van der Waals surface area contributed by atoms with E-state index >= 15 is 0 Å². The molecule has 8 heteroatoms. The molecule has 182 valence electrons. The van der Waals surface area contributed by atoms with E-state index in [1.165, 1.54) is 0 Å². The first-order chi connectivity index (χ1) is 16.5. The topological polar surface area (TPSA) is 115 Å². The SMILES string of the molecule is Cc1cc(-c2cnc3c(NCC(C)(C)O)cc(Oc4cccc(C(C)C)c4)nn23)ccc1C(N)=O. The lowest BCUT2D eigenvalue weighted by Crippen LogP contribution is -2.29. The number of aryl methyl sites for hydroxylation is 1. The van der Waals surface area contributed by atoms with Crippen molar-refractivity contribution in [1.29, 1.82) is 0 Å². The molecule has 2 aromatic heterocycles. The summed E-state index contributed by atoms with van der Waals surface area (Å²) < 4.78 is 7.86. The highest BCUT2D eigenvalue weighted by molar-refractivity contribution is 5.94. The first-order valence-corrected chi connectivity index (χ1v) is 11.6. The number of benzene rings is 2. The third kappa shape index (κ3) is 5.44. The monoisotopic (exact) mass is 473 g/mol. The number of ether oxygens (including phenoxy) is 1. The number of carbonyl (C=O) groups excluding carboxylic acids is 1. The van der Waals surface area contributed by atoms with E-state index in [-0.39, 0.29) is 0 Å². The quantitative estimate of drug-likeness (QED) is 0.335. The normalized spacial score (nSPS) is 11.7. The van der Waals surface area contributed by atoms with Crippen LogP contribution in [0.1, 0.15) is 55.1 Å². The zero-order chi connectivity index (χ0) is 25.3. The standard InChI is InChI=1S/C27H31N5O3/c1-16(2)18-7-6-8-20(12-18)35-24-13-22(30-15-27(4,5)34)26-29-14-23(32(26)31-24)19-9-10-21(25(28)33)17(3)11-19/h6-14,16,30,34H,15H2,1-5H3,(H2,28,33). The summed E-state index contributed by atoms with van der Waals surface area (Å²) in [4.78, 5) is 16.2. The molecule has 4 N–H and O–H groups in total. The second kappa shape index (κ2) is 9.38. The van der Waals surface area contributed by atoms with E-state index in [4.69, 9.17) is 15.6 Å². The van der Waals surface area contributed by atoms with E-state index in [9.17, 15) is 9.90 Å². The van der Waals surface area contributed by atoms with Gasteiger partial charge in [-0.15, -0.1) is 5.10 Å². The zero-order valence-electron chi connectivity index (χ0n) is 20.7. The fourth-order valence-electron chi connectivity index (χ4n) is 3.79. The Morgan fingerprint density at radius 1 is 1.20 bits per heavy atom. The van der Waals surface area contributed by atoms with Gasteiger partial charge in [-0.3, -0.25) is 4.79 Å². The number of carbonyl (C=O) groups is 1. The van der Waals surface area contributed by atoms with Crippen LogP contribution in [0.3, 0.4) is 0 Å². The van der Waals surface area contributed by atoms with Crippen LogP contribution in [0.15, 0.2) is 54.7 Å². The first kappa shape index (κ1) is 24.2. The third-order valence-corrected chi connectivity index (χ3v) is 5.69. The number of aromatic nitrogens is 3. The number of imidazole rings is 1. The Labute approximate surface area is 204 Å². The zero-order valence-corrected chi connectivity index (χ0v) is 20.7. The predicted octanol–water partition coefficient (Wildman–Crippen LogP) is 4.90. The summed E-state index contributed by atoms with van der Waals surface area (Å²) in [7, 11) is 0. The van der Waals surface area contributed by atoms with Crippen LogP contribution in [-0.2, 0) is 0 Å². The van der Waals surface area contributed by atoms with Crippen molar-refractivity contribution in [3.05, 3.63) is 71.4 Å². The maximum absolute atomic E-state index is 11.7. The number of fused-ring (bicyclic) bond motifs is 1. The summed E-state index contributed by atoms with van der Waals surface area (Å²) in [6.07, 6.45) is 1.72. The number of rotatable bonds is 8. The number of hydrogen-bond donors (Lipinski definition) is 3. The Hall–Kier alpha value is -3.91. The van der Waals surface area contributed by atoms with Crippen LogP contribution < -0.4 is 15.8 Å². The number of anilines is 1. The number of hydrogen-bond acceptors (Lipinski definition) is 6.